The van der Waals surface area contributed by atoms with E-state index in [9.17, 15) is 24.0 Å². The van der Waals surface area contributed by atoms with Gasteiger partial charge in [0.15, 0.2) is 11.5 Å². The van der Waals surface area contributed by atoms with Crippen molar-refractivity contribution >= 4 is 64.1 Å². The second-order valence-electron chi connectivity index (χ2n) is 21.5. The van der Waals surface area contributed by atoms with Crippen LogP contribution < -0.4 is 34.2 Å². The first-order valence-corrected chi connectivity index (χ1v) is 28.7. The molecule has 5 aromatic rings. The van der Waals surface area contributed by atoms with Crippen LogP contribution in [0, 0.1) is 6.92 Å². The van der Waals surface area contributed by atoms with Gasteiger partial charge in [0.2, 0.25) is 0 Å². The highest BCUT2D eigenvalue weighted by Gasteiger charge is 2.40. The van der Waals surface area contributed by atoms with Gasteiger partial charge in [0.25, 0.3) is 23.6 Å². The second-order valence-corrected chi connectivity index (χ2v) is 23.3. The first kappa shape index (κ1) is 56.2. The first-order valence-electron chi connectivity index (χ1n) is 27.7. The summed E-state index contributed by atoms with van der Waals surface area (Å²) >= 11 is 1.71. The molecule has 2 atom stereocenters. The van der Waals surface area contributed by atoms with Gasteiger partial charge in [-0.05, 0) is 141 Å². The molecule has 17 nitrogen and oxygen atoms in total. The van der Waals surface area contributed by atoms with Crippen LogP contribution >= 0.6 is 11.8 Å². The first-order chi connectivity index (χ1) is 38.8. The molecule has 1 N–H and O–H groups in total. The van der Waals surface area contributed by atoms with Crippen LogP contribution in [-0.4, -0.2) is 124 Å². The maximum Gasteiger partial charge on any atom is 0.333 e. The van der Waals surface area contributed by atoms with E-state index in [0.29, 0.717) is 105 Å². The fourth-order valence-corrected chi connectivity index (χ4v) is 12.4. The predicted octanol–water partition coefficient (Wildman–Crippen LogP) is 9.06. The van der Waals surface area contributed by atoms with Crippen molar-refractivity contribution in [1.29, 1.82) is 0 Å². The molecular weight excluding hydrogens is 1040 g/mol. The van der Waals surface area contributed by atoms with E-state index in [2.05, 4.69) is 54.4 Å². The van der Waals surface area contributed by atoms with Gasteiger partial charge < -0.3 is 53.3 Å². The summed E-state index contributed by atoms with van der Waals surface area (Å²) < 4.78 is 36.0. The number of carbonyl (C=O) groups is 5. The van der Waals surface area contributed by atoms with Crippen LogP contribution in [0.15, 0.2) is 91.0 Å². The molecule has 10 rings (SSSR count). The number of hydrogen-bond acceptors (Lipinski definition) is 15. The smallest absolute Gasteiger partial charge is 0.333 e. The Morgan fingerprint density at radius 2 is 1.34 bits per heavy atom. The lowest BCUT2D eigenvalue weighted by atomic mass is 9.99. The third-order valence-electron chi connectivity index (χ3n) is 15.3. The molecule has 5 aromatic carbocycles. The van der Waals surface area contributed by atoms with Crippen molar-refractivity contribution in [1.82, 2.24) is 5.06 Å². The molecule has 5 aliphatic rings. The highest BCUT2D eigenvalue weighted by atomic mass is 32.2. The van der Waals surface area contributed by atoms with Crippen LogP contribution in [0.1, 0.15) is 100 Å². The topological polar surface area (TPSA) is 175 Å². The number of fused-ring (bicyclic) bond motifs is 8. The SMILES string of the molecule is COCCOCCOCCN(CC(C)(C)SCCCC(=O)ON1C(=O)CCC1=O)c1cc(COc2cc3c(cc2C)C(=O)N2c4ccccc4C[C@H]2CN3)cc(COc2cc3c(cc2OC)C(=O)N2c4ccccc4C[C@H]2CC3)c1. The zero-order valence-corrected chi connectivity index (χ0v) is 47.2. The highest BCUT2D eigenvalue weighted by Crippen LogP contribution is 2.42. The molecule has 1 fully saturated rings. The number of carbonyl (C=O) groups excluding carboxylic acids is 5. The largest absolute Gasteiger partial charge is 0.493 e. The normalized spacial score (nSPS) is 17.2. The number of para-hydroxylation sites is 2. The van der Waals surface area contributed by atoms with Crippen LogP contribution in [-0.2, 0) is 65.9 Å². The number of benzene rings is 5. The number of anilines is 4. The van der Waals surface area contributed by atoms with E-state index in [0.717, 1.165) is 64.3 Å². The van der Waals surface area contributed by atoms with Crippen molar-refractivity contribution < 1.29 is 57.2 Å². The predicted molar refractivity (Wildman–Crippen MR) is 306 cm³/mol. The number of thioether (sulfide) groups is 1. The van der Waals surface area contributed by atoms with Crippen LogP contribution in [0.4, 0.5) is 22.7 Å². The zero-order valence-electron chi connectivity index (χ0n) is 46.3. The average molecular weight is 1110 g/mol. The monoisotopic (exact) mass is 1110 g/mol. The lowest BCUT2D eigenvalue weighted by molar-refractivity contribution is -0.197. The number of hydrogen-bond donors (Lipinski definition) is 1. The van der Waals surface area contributed by atoms with E-state index in [1.165, 1.54) is 11.1 Å². The van der Waals surface area contributed by atoms with Crippen LogP contribution in [0.2, 0.25) is 0 Å². The molecule has 0 radical (unpaired) electrons. The number of nitrogens with one attached hydrogen (secondary N) is 1. The summed E-state index contributed by atoms with van der Waals surface area (Å²) in [6.45, 7) is 10.6. The fourth-order valence-electron chi connectivity index (χ4n) is 11.4. The van der Waals surface area contributed by atoms with Crippen LogP contribution in [0.3, 0.4) is 0 Å². The van der Waals surface area contributed by atoms with Crippen molar-refractivity contribution in [2.75, 3.05) is 92.7 Å². The van der Waals surface area contributed by atoms with Crippen molar-refractivity contribution in [3.63, 3.8) is 0 Å². The minimum Gasteiger partial charge on any atom is -0.493 e. The summed E-state index contributed by atoms with van der Waals surface area (Å²) in [4.78, 5) is 76.6. The van der Waals surface area contributed by atoms with Crippen LogP contribution in [0.25, 0.3) is 0 Å². The van der Waals surface area contributed by atoms with E-state index in [4.69, 9.17) is 33.3 Å². The van der Waals surface area contributed by atoms with E-state index in [1.807, 2.05) is 77.4 Å². The van der Waals surface area contributed by atoms with Gasteiger partial charge in [-0.2, -0.15) is 11.8 Å². The maximum atomic E-state index is 14.3. The van der Waals surface area contributed by atoms with Gasteiger partial charge >= 0.3 is 5.97 Å². The number of amides is 4. The molecule has 5 heterocycles. The van der Waals surface area contributed by atoms with Gasteiger partial charge in [0.05, 0.1) is 57.4 Å². The van der Waals surface area contributed by atoms with Gasteiger partial charge in [-0.25, -0.2) is 4.79 Å². The van der Waals surface area contributed by atoms with Gasteiger partial charge in [-0.1, -0.05) is 36.4 Å². The van der Waals surface area contributed by atoms with Crippen molar-refractivity contribution in [2.45, 2.75) is 102 Å². The van der Waals surface area contributed by atoms with Crippen molar-refractivity contribution in [2.24, 2.45) is 0 Å². The number of aryl methyl sites for hydroxylation is 2. The van der Waals surface area contributed by atoms with Gasteiger partial charge in [0.1, 0.15) is 19.0 Å². The summed E-state index contributed by atoms with van der Waals surface area (Å²) in [7, 11) is 3.23. The Hall–Kier alpha value is -7.12. The maximum absolute atomic E-state index is 14.3. The Balaban J connectivity index is 0.907. The van der Waals surface area contributed by atoms with Crippen molar-refractivity contribution in [3.8, 4) is 17.2 Å². The molecule has 422 valence electrons. The molecule has 0 aromatic heterocycles. The quantitative estimate of drug-likeness (QED) is 0.0433. The number of ether oxygens (including phenoxy) is 6. The lowest BCUT2D eigenvalue weighted by Crippen LogP contribution is -2.39. The molecular formula is C62H71N5O12S. The van der Waals surface area contributed by atoms with Gasteiger partial charge in [0, 0.05) is 85.5 Å². The zero-order chi connectivity index (χ0) is 55.9. The summed E-state index contributed by atoms with van der Waals surface area (Å²) in [5, 5.41) is 4.16. The molecule has 4 amide bonds. The number of hydroxylamine groups is 2. The molecule has 0 unspecified atom stereocenters. The second kappa shape index (κ2) is 25.1. The van der Waals surface area contributed by atoms with E-state index < -0.39 is 17.8 Å². The Morgan fingerprint density at radius 1 is 0.700 bits per heavy atom. The molecule has 1 saturated heterocycles. The number of methoxy groups -OCH3 is 2. The summed E-state index contributed by atoms with van der Waals surface area (Å²) in [6, 6.07) is 30.3. The standard InChI is InChI=1S/C62H71N5O12S/c1-40-27-50-51(63-36-48-32-45-12-7-9-14-53(45)66(48)61(50)72)35-54(40)77-37-41-28-42(38-78-56-33-43-16-17-46-31-44-11-6-8-13-52(44)65(46)60(71)49(43)34-55(56)74-5)30-47(29-41)64(20-21-75-24-25-76-23-22-73-4)39-62(2,3)80-26-10-15-59(70)79-67-57(68)18-19-58(67)69/h6-9,11-14,27-30,33-35,46,48,63H,10,15-26,31-32,36-39H2,1-5H3/t46-,48+/m1/s1. The number of imide groups is 1. The Kier molecular flexibility index (Phi) is 17.6. The molecule has 0 bridgehead atoms. The Morgan fingerprint density at radius 3 is 2.04 bits per heavy atom. The Bertz CT molecular complexity index is 3110. The van der Waals surface area contributed by atoms with E-state index >= 15 is 0 Å². The lowest BCUT2D eigenvalue weighted by Gasteiger charge is -2.34. The summed E-state index contributed by atoms with van der Waals surface area (Å²) in [6.07, 6.45) is 3.75. The summed E-state index contributed by atoms with van der Waals surface area (Å²) in [5.74, 6) is 0.582. The Labute approximate surface area is 472 Å². The molecule has 5 aliphatic heterocycles. The average Bonchev–Trinajstić information content (AvgIpc) is 4.21. The molecule has 0 aliphatic carbocycles. The fraction of sp³-hybridized carbons (Fsp3) is 0.435. The third kappa shape index (κ3) is 12.7. The van der Waals surface area contributed by atoms with Crippen LogP contribution in [0.5, 0.6) is 17.2 Å². The molecule has 0 saturated carbocycles. The number of nitrogens with zero attached hydrogens (tertiary/aromatic N) is 4. The van der Waals surface area contributed by atoms with E-state index in [1.54, 1.807) is 26.0 Å². The minimum absolute atomic E-state index is 0.00000478. The van der Waals surface area contributed by atoms with E-state index in [-0.39, 0.29) is 61.1 Å². The molecule has 80 heavy (non-hydrogen) atoms. The van der Waals surface area contributed by atoms with Gasteiger partial charge in [-0.15, -0.1) is 5.06 Å². The highest BCUT2D eigenvalue weighted by molar-refractivity contribution is 8.00. The third-order valence-corrected chi connectivity index (χ3v) is 16.7. The number of rotatable bonds is 25. The van der Waals surface area contributed by atoms with Gasteiger partial charge in [-0.3, -0.25) is 19.2 Å². The van der Waals surface area contributed by atoms with Crippen molar-refractivity contribution in [3.05, 3.63) is 136 Å². The molecule has 18 heteroatoms. The minimum atomic E-state index is -0.619. The molecule has 0 spiro atoms. The summed E-state index contributed by atoms with van der Waals surface area (Å²) in [5.41, 5.74) is 10.6.